The van der Waals surface area contributed by atoms with Crippen molar-refractivity contribution in [2.75, 3.05) is 6.54 Å². The van der Waals surface area contributed by atoms with Crippen LogP contribution in [0.15, 0.2) is 34.5 Å². The van der Waals surface area contributed by atoms with Crippen LogP contribution in [0.3, 0.4) is 0 Å². The fourth-order valence-electron chi connectivity index (χ4n) is 1.17. The standard InChI is InChI=1S/C9H12BrN/c1-3-4-9(10)8-5-6-11-7(8)2/h3-4,11H,1,5-6H2,2H3/b9-4+. The predicted octanol–water partition coefficient (Wildman–Crippen LogP) is 2.72. The first-order chi connectivity index (χ1) is 5.25. The van der Waals surface area contributed by atoms with Crippen molar-refractivity contribution in [3.8, 4) is 0 Å². The smallest absolute Gasteiger partial charge is 0.0224 e. The summed E-state index contributed by atoms with van der Waals surface area (Å²) in [6.45, 7) is 6.80. The highest BCUT2D eigenvalue weighted by Gasteiger charge is 2.11. The molecule has 0 saturated carbocycles. The molecule has 0 aromatic rings. The Kier molecular flexibility index (Phi) is 2.94. The van der Waals surface area contributed by atoms with Crippen molar-refractivity contribution < 1.29 is 0 Å². The molecule has 1 rings (SSSR count). The molecule has 0 saturated heterocycles. The lowest BCUT2D eigenvalue weighted by atomic mass is 10.2. The number of hydrogen-bond donors (Lipinski definition) is 1. The lowest BCUT2D eigenvalue weighted by Crippen LogP contribution is -2.03. The van der Waals surface area contributed by atoms with Crippen LogP contribution in [0.4, 0.5) is 0 Å². The molecule has 0 bridgehead atoms. The summed E-state index contributed by atoms with van der Waals surface area (Å²) in [6, 6.07) is 0. The molecule has 11 heavy (non-hydrogen) atoms. The van der Waals surface area contributed by atoms with Crippen LogP contribution in [0.5, 0.6) is 0 Å². The molecule has 0 fully saturated rings. The van der Waals surface area contributed by atoms with Crippen LogP contribution >= 0.6 is 15.9 Å². The van der Waals surface area contributed by atoms with Crippen molar-refractivity contribution in [3.63, 3.8) is 0 Å². The van der Waals surface area contributed by atoms with Gasteiger partial charge in [0.15, 0.2) is 0 Å². The zero-order chi connectivity index (χ0) is 8.27. The van der Waals surface area contributed by atoms with Gasteiger partial charge in [-0.3, -0.25) is 0 Å². The summed E-state index contributed by atoms with van der Waals surface area (Å²) in [6.07, 6.45) is 4.88. The quantitative estimate of drug-likeness (QED) is 0.697. The third-order valence-corrected chi connectivity index (χ3v) is 2.51. The van der Waals surface area contributed by atoms with Crippen molar-refractivity contribution in [1.82, 2.24) is 5.32 Å². The molecule has 0 amide bonds. The lowest BCUT2D eigenvalue weighted by molar-refractivity contribution is 0.874. The minimum atomic E-state index is 1.06. The average Bonchev–Trinajstić information content (AvgIpc) is 2.36. The highest BCUT2D eigenvalue weighted by Crippen LogP contribution is 2.25. The predicted molar refractivity (Wildman–Crippen MR) is 52.5 cm³/mol. The van der Waals surface area contributed by atoms with Gasteiger partial charge in [-0.1, -0.05) is 28.6 Å². The summed E-state index contributed by atoms with van der Waals surface area (Å²) in [4.78, 5) is 0. The first kappa shape index (κ1) is 8.60. The Morgan fingerprint density at radius 3 is 2.91 bits per heavy atom. The second-order valence-electron chi connectivity index (χ2n) is 2.53. The zero-order valence-corrected chi connectivity index (χ0v) is 8.24. The molecule has 1 nitrogen and oxygen atoms in total. The number of hydrogen-bond acceptors (Lipinski definition) is 1. The highest BCUT2D eigenvalue weighted by atomic mass is 79.9. The van der Waals surface area contributed by atoms with E-state index in [4.69, 9.17) is 0 Å². The molecule has 1 N–H and O–H groups in total. The molecule has 0 aromatic carbocycles. The van der Waals surface area contributed by atoms with Crippen molar-refractivity contribution in [1.29, 1.82) is 0 Å². The van der Waals surface area contributed by atoms with Gasteiger partial charge in [0.05, 0.1) is 0 Å². The summed E-state index contributed by atoms with van der Waals surface area (Å²) < 4.78 is 1.15. The maximum Gasteiger partial charge on any atom is 0.0224 e. The zero-order valence-electron chi connectivity index (χ0n) is 6.65. The molecule has 1 heterocycles. The van der Waals surface area contributed by atoms with Gasteiger partial charge in [0.2, 0.25) is 0 Å². The minimum Gasteiger partial charge on any atom is -0.388 e. The second-order valence-corrected chi connectivity index (χ2v) is 3.38. The Morgan fingerprint density at radius 2 is 2.45 bits per heavy atom. The fourth-order valence-corrected chi connectivity index (χ4v) is 1.85. The first-order valence-corrected chi connectivity index (χ1v) is 4.47. The van der Waals surface area contributed by atoms with Crippen molar-refractivity contribution in [3.05, 3.63) is 34.5 Å². The molecular weight excluding hydrogens is 202 g/mol. The molecular formula is C9H12BrN. The van der Waals surface area contributed by atoms with E-state index in [9.17, 15) is 0 Å². The molecule has 0 aliphatic carbocycles. The van der Waals surface area contributed by atoms with Crippen LogP contribution in [-0.2, 0) is 0 Å². The second kappa shape index (κ2) is 3.77. The van der Waals surface area contributed by atoms with Crippen LogP contribution in [-0.4, -0.2) is 6.54 Å². The van der Waals surface area contributed by atoms with Gasteiger partial charge < -0.3 is 5.32 Å². The molecule has 1 aliphatic rings. The van der Waals surface area contributed by atoms with E-state index in [0.717, 1.165) is 17.4 Å². The van der Waals surface area contributed by atoms with Crippen LogP contribution in [0.25, 0.3) is 0 Å². The van der Waals surface area contributed by atoms with Crippen molar-refractivity contribution in [2.24, 2.45) is 0 Å². The maximum atomic E-state index is 3.65. The first-order valence-electron chi connectivity index (χ1n) is 3.68. The highest BCUT2D eigenvalue weighted by molar-refractivity contribution is 9.12. The van der Waals surface area contributed by atoms with E-state index in [1.165, 1.54) is 11.3 Å². The van der Waals surface area contributed by atoms with Gasteiger partial charge in [-0.05, 0) is 25.0 Å². The third-order valence-electron chi connectivity index (χ3n) is 1.77. The summed E-state index contributed by atoms with van der Waals surface area (Å²) in [5.41, 5.74) is 2.64. The Labute approximate surface area is 76.0 Å². The van der Waals surface area contributed by atoms with Crippen LogP contribution in [0, 0.1) is 0 Å². The molecule has 0 spiro atoms. The Morgan fingerprint density at radius 1 is 1.73 bits per heavy atom. The van der Waals surface area contributed by atoms with Crippen molar-refractivity contribution in [2.45, 2.75) is 13.3 Å². The van der Waals surface area contributed by atoms with Gasteiger partial charge in [-0.15, -0.1) is 0 Å². The molecule has 2 heteroatoms. The van der Waals surface area contributed by atoms with Gasteiger partial charge >= 0.3 is 0 Å². The molecule has 0 unspecified atom stereocenters. The molecule has 0 aromatic heterocycles. The topological polar surface area (TPSA) is 12.0 Å². The van der Waals surface area contributed by atoms with E-state index in [0.29, 0.717) is 0 Å². The van der Waals surface area contributed by atoms with E-state index in [2.05, 4.69) is 34.7 Å². The van der Waals surface area contributed by atoms with E-state index in [1.807, 2.05) is 6.08 Å². The summed E-state index contributed by atoms with van der Waals surface area (Å²) in [5, 5.41) is 3.28. The van der Waals surface area contributed by atoms with E-state index in [-0.39, 0.29) is 0 Å². The number of rotatable bonds is 2. The van der Waals surface area contributed by atoms with Gasteiger partial charge in [0, 0.05) is 16.7 Å². The maximum absolute atomic E-state index is 3.65. The summed E-state index contributed by atoms with van der Waals surface area (Å²) in [7, 11) is 0. The summed E-state index contributed by atoms with van der Waals surface area (Å²) in [5.74, 6) is 0. The number of halogens is 1. The van der Waals surface area contributed by atoms with E-state index in [1.54, 1.807) is 6.08 Å². The average molecular weight is 214 g/mol. The minimum absolute atomic E-state index is 1.06. The van der Waals surface area contributed by atoms with Crippen LogP contribution < -0.4 is 5.32 Å². The Balaban J connectivity index is 2.81. The van der Waals surface area contributed by atoms with Gasteiger partial charge in [0.25, 0.3) is 0 Å². The molecule has 0 atom stereocenters. The summed E-state index contributed by atoms with van der Waals surface area (Å²) >= 11 is 3.50. The van der Waals surface area contributed by atoms with Gasteiger partial charge in [-0.2, -0.15) is 0 Å². The Hall–Kier alpha value is -0.500. The van der Waals surface area contributed by atoms with Gasteiger partial charge in [-0.25, -0.2) is 0 Å². The Bertz CT molecular complexity index is 226. The SMILES string of the molecule is C=C/C=C(/Br)C1=C(C)NCC1. The largest absolute Gasteiger partial charge is 0.388 e. The van der Waals surface area contributed by atoms with E-state index < -0.39 is 0 Å². The fraction of sp³-hybridized carbons (Fsp3) is 0.333. The molecule has 0 radical (unpaired) electrons. The van der Waals surface area contributed by atoms with Gasteiger partial charge in [0.1, 0.15) is 0 Å². The third kappa shape index (κ3) is 1.96. The number of allylic oxidation sites excluding steroid dienone is 4. The molecule has 1 aliphatic heterocycles. The molecule has 60 valence electrons. The van der Waals surface area contributed by atoms with Crippen molar-refractivity contribution >= 4 is 15.9 Å². The van der Waals surface area contributed by atoms with E-state index >= 15 is 0 Å². The van der Waals surface area contributed by atoms with Crippen LogP contribution in [0.1, 0.15) is 13.3 Å². The normalized spacial score (nSPS) is 18.5. The number of nitrogens with one attached hydrogen (secondary N) is 1. The monoisotopic (exact) mass is 213 g/mol. The lowest BCUT2D eigenvalue weighted by Gasteiger charge is -1.99. The van der Waals surface area contributed by atoms with Crippen LogP contribution in [0.2, 0.25) is 0 Å².